The molecule has 0 unspecified atom stereocenters. The second-order valence-corrected chi connectivity index (χ2v) is 6.91. The summed E-state index contributed by atoms with van der Waals surface area (Å²) in [6, 6.07) is 17.4. The number of carbonyl (C=O) groups excluding carboxylic acids is 1. The van der Waals surface area contributed by atoms with Crippen LogP contribution in [0.2, 0.25) is 5.02 Å². The summed E-state index contributed by atoms with van der Waals surface area (Å²) in [5, 5.41) is 8.25. The Morgan fingerprint density at radius 1 is 1.11 bits per heavy atom. The molecule has 1 aromatic heterocycles. The summed E-state index contributed by atoms with van der Waals surface area (Å²) in [5.74, 6) is 0. The Balaban J connectivity index is 1.67. The third-order valence-electron chi connectivity index (χ3n) is 4.57. The van der Waals surface area contributed by atoms with Gasteiger partial charge in [-0.05, 0) is 37.6 Å². The lowest BCUT2D eigenvalue weighted by Crippen LogP contribution is -2.36. The fraction of sp³-hybridized carbons (Fsp3) is 0.238. The molecule has 0 fully saturated rings. The molecule has 2 amide bonds. The molecule has 0 saturated carbocycles. The number of nitrogens with one attached hydrogen (secondary N) is 1. The van der Waals surface area contributed by atoms with Crippen molar-refractivity contribution in [3.8, 4) is 5.69 Å². The van der Waals surface area contributed by atoms with Gasteiger partial charge < -0.3 is 10.2 Å². The minimum atomic E-state index is -0.152. The molecule has 1 N–H and O–H groups in total. The molecule has 0 radical (unpaired) electrons. The van der Waals surface area contributed by atoms with Crippen LogP contribution < -0.4 is 5.32 Å². The third-order valence-corrected chi connectivity index (χ3v) is 4.94. The smallest absolute Gasteiger partial charge is 0.317 e. The van der Waals surface area contributed by atoms with Gasteiger partial charge in [0.2, 0.25) is 0 Å². The number of urea groups is 1. The number of hydrogen-bond acceptors (Lipinski definition) is 2. The summed E-state index contributed by atoms with van der Waals surface area (Å²) >= 11 is 6.18. The third kappa shape index (κ3) is 4.31. The number of halogens is 1. The van der Waals surface area contributed by atoms with Crippen molar-refractivity contribution in [3.05, 3.63) is 82.1 Å². The lowest BCUT2D eigenvalue weighted by molar-refractivity contribution is 0.206. The van der Waals surface area contributed by atoms with Crippen LogP contribution in [0.25, 0.3) is 5.69 Å². The van der Waals surface area contributed by atoms with Gasteiger partial charge in [-0.2, -0.15) is 5.10 Å². The highest BCUT2D eigenvalue weighted by Crippen LogP contribution is 2.18. The monoisotopic (exact) mass is 382 g/mol. The Kier molecular flexibility index (Phi) is 5.81. The first-order valence-corrected chi connectivity index (χ1v) is 9.18. The quantitative estimate of drug-likeness (QED) is 0.707. The predicted octanol–water partition coefficient (Wildman–Crippen LogP) is 4.48. The van der Waals surface area contributed by atoms with Crippen LogP contribution in [0.1, 0.15) is 22.5 Å². The zero-order valence-corrected chi connectivity index (χ0v) is 16.5. The van der Waals surface area contributed by atoms with E-state index in [1.165, 1.54) is 0 Å². The average Bonchev–Trinajstić information content (AvgIpc) is 2.96. The molecule has 6 heteroatoms. The van der Waals surface area contributed by atoms with E-state index in [2.05, 4.69) is 10.4 Å². The van der Waals surface area contributed by atoms with E-state index in [1.54, 1.807) is 11.9 Å². The van der Waals surface area contributed by atoms with Crippen molar-refractivity contribution < 1.29 is 4.79 Å². The SMILES string of the molecule is Cc1nn(-c2ccccc2)c(C)c1CNC(=O)N(C)Cc1ccccc1Cl. The molecule has 5 nitrogen and oxygen atoms in total. The summed E-state index contributed by atoms with van der Waals surface area (Å²) < 4.78 is 1.91. The van der Waals surface area contributed by atoms with Crippen LogP contribution in [0.3, 0.4) is 0 Å². The van der Waals surface area contributed by atoms with E-state index < -0.39 is 0 Å². The number of aryl methyl sites for hydroxylation is 1. The molecule has 0 aliphatic rings. The van der Waals surface area contributed by atoms with Crippen LogP contribution in [0.15, 0.2) is 54.6 Å². The van der Waals surface area contributed by atoms with E-state index in [-0.39, 0.29) is 6.03 Å². The maximum atomic E-state index is 12.5. The molecular formula is C21H23ClN4O. The van der Waals surface area contributed by atoms with Gasteiger partial charge >= 0.3 is 6.03 Å². The second-order valence-electron chi connectivity index (χ2n) is 6.50. The Morgan fingerprint density at radius 2 is 1.78 bits per heavy atom. The van der Waals surface area contributed by atoms with Gasteiger partial charge in [-0.1, -0.05) is 48.0 Å². The number of para-hydroxylation sites is 1. The molecule has 2 aromatic carbocycles. The fourth-order valence-electron chi connectivity index (χ4n) is 3.00. The number of rotatable bonds is 5. The zero-order chi connectivity index (χ0) is 19.4. The predicted molar refractivity (Wildman–Crippen MR) is 108 cm³/mol. The number of nitrogens with zero attached hydrogens (tertiary/aromatic N) is 3. The molecule has 0 atom stereocenters. The first-order valence-electron chi connectivity index (χ1n) is 8.80. The first-order chi connectivity index (χ1) is 13.0. The van der Waals surface area contributed by atoms with Gasteiger partial charge in [-0.25, -0.2) is 9.48 Å². The van der Waals surface area contributed by atoms with E-state index in [4.69, 9.17) is 11.6 Å². The van der Waals surface area contributed by atoms with Gasteiger partial charge in [0.25, 0.3) is 0 Å². The highest BCUT2D eigenvalue weighted by molar-refractivity contribution is 6.31. The van der Waals surface area contributed by atoms with Gasteiger partial charge in [-0.3, -0.25) is 0 Å². The standard InChI is InChI=1S/C21H23ClN4O/c1-15-19(16(2)26(24-15)18-10-5-4-6-11-18)13-23-21(27)25(3)14-17-9-7-8-12-20(17)22/h4-12H,13-14H2,1-3H3,(H,23,27). The van der Waals surface area contributed by atoms with Crippen LogP contribution >= 0.6 is 11.6 Å². The summed E-state index contributed by atoms with van der Waals surface area (Å²) in [5.41, 5.74) is 4.88. The van der Waals surface area contributed by atoms with Crippen LogP contribution in [0, 0.1) is 13.8 Å². The minimum Gasteiger partial charge on any atom is -0.334 e. The van der Waals surface area contributed by atoms with Crippen molar-refractivity contribution in [1.29, 1.82) is 0 Å². The van der Waals surface area contributed by atoms with E-state index in [0.29, 0.717) is 18.1 Å². The van der Waals surface area contributed by atoms with Gasteiger partial charge in [-0.15, -0.1) is 0 Å². The van der Waals surface area contributed by atoms with E-state index in [0.717, 1.165) is 28.2 Å². The summed E-state index contributed by atoms with van der Waals surface area (Å²) in [7, 11) is 1.76. The van der Waals surface area contributed by atoms with Crippen molar-refractivity contribution in [1.82, 2.24) is 20.0 Å². The highest BCUT2D eigenvalue weighted by atomic mass is 35.5. The van der Waals surface area contributed by atoms with Crippen molar-refractivity contribution >= 4 is 17.6 Å². The highest BCUT2D eigenvalue weighted by Gasteiger charge is 2.15. The minimum absolute atomic E-state index is 0.152. The Morgan fingerprint density at radius 3 is 2.48 bits per heavy atom. The lowest BCUT2D eigenvalue weighted by Gasteiger charge is -2.19. The van der Waals surface area contributed by atoms with Crippen LogP contribution in [0.5, 0.6) is 0 Å². The van der Waals surface area contributed by atoms with Gasteiger partial charge in [0.1, 0.15) is 0 Å². The molecule has 3 aromatic rings. The second kappa shape index (κ2) is 8.27. The van der Waals surface area contributed by atoms with Gasteiger partial charge in [0, 0.05) is 36.4 Å². The number of benzene rings is 2. The maximum Gasteiger partial charge on any atom is 0.317 e. The Hall–Kier alpha value is -2.79. The number of aromatic nitrogens is 2. The molecule has 0 saturated heterocycles. The van der Waals surface area contributed by atoms with Crippen LogP contribution in [0.4, 0.5) is 4.79 Å². The van der Waals surface area contributed by atoms with Crippen molar-refractivity contribution in [2.24, 2.45) is 0 Å². The Bertz CT molecular complexity index is 937. The largest absolute Gasteiger partial charge is 0.334 e. The van der Waals surface area contributed by atoms with Crippen molar-refractivity contribution in [2.75, 3.05) is 7.05 Å². The fourth-order valence-corrected chi connectivity index (χ4v) is 3.20. The first kappa shape index (κ1) is 19.0. The maximum absolute atomic E-state index is 12.5. The van der Waals surface area contributed by atoms with Crippen molar-refractivity contribution in [3.63, 3.8) is 0 Å². The van der Waals surface area contributed by atoms with Crippen LogP contribution in [-0.2, 0) is 13.1 Å². The lowest BCUT2D eigenvalue weighted by atomic mass is 10.2. The normalized spacial score (nSPS) is 10.7. The molecule has 140 valence electrons. The number of hydrogen-bond donors (Lipinski definition) is 1. The number of amides is 2. The molecule has 1 heterocycles. The summed E-state index contributed by atoms with van der Waals surface area (Å²) in [6.45, 7) is 4.85. The molecular weight excluding hydrogens is 360 g/mol. The number of carbonyl (C=O) groups is 1. The molecule has 0 spiro atoms. The van der Waals surface area contributed by atoms with E-state index >= 15 is 0 Å². The van der Waals surface area contributed by atoms with Gasteiger partial charge in [0.15, 0.2) is 0 Å². The summed E-state index contributed by atoms with van der Waals surface area (Å²) in [6.07, 6.45) is 0. The van der Waals surface area contributed by atoms with E-state index in [9.17, 15) is 4.79 Å². The topological polar surface area (TPSA) is 50.2 Å². The molecule has 27 heavy (non-hydrogen) atoms. The van der Waals surface area contributed by atoms with Crippen LogP contribution in [-0.4, -0.2) is 27.8 Å². The molecule has 0 aliphatic heterocycles. The van der Waals surface area contributed by atoms with Gasteiger partial charge in [0.05, 0.1) is 11.4 Å². The molecule has 3 rings (SSSR count). The van der Waals surface area contributed by atoms with Crippen molar-refractivity contribution in [2.45, 2.75) is 26.9 Å². The molecule has 0 bridgehead atoms. The van der Waals surface area contributed by atoms with E-state index in [1.807, 2.05) is 73.1 Å². The Labute approximate surface area is 164 Å². The zero-order valence-electron chi connectivity index (χ0n) is 15.7. The molecule has 0 aliphatic carbocycles. The summed E-state index contributed by atoms with van der Waals surface area (Å²) in [4.78, 5) is 14.1. The average molecular weight is 383 g/mol.